The van der Waals surface area contributed by atoms with Gasteiger partial charge in [0.25, 0.3) is 0 Å². The Morgan fingerprint density at radius 2 is 1.04 bits per heavy atom. The predicted molar refractivity (Wildman–Crippen MR) is 110 cm³/mol. The molecular formula is C20H24O6S2. The van der Waals surface area contributed by atoms with E-state index in [1.807, 2.05) is 60.7 Å². The van der Waals surface area contributed by atoms with E-state index in [0.717, 1.165) is 23.7 Å². The lowest BCUT2D eigenvalue weighted by atomic mass is 10.2. The van der Waals surface area contributed by atoms with Crippen LogP contribution in [0.4, 0.5) is 0 Å². The van der Waals surface area contributed by atoms with Gasteiger partial charge in [-0.25, -0.2) is 8.42 Å². The van der Waals surface area contributed by atoms with Crippen LogP contribution in [0.3, 0.4) is 0 Å². The molecule has 0 saturated carbocycles. The molecule has 2 aromatic carbocycles. The van der Waals surface area contributed by atoms with Crippen molar-refractivity contribution in [2.24, 2.45) is 0 Å². The van der Waals surface area contributed by atoms with E-state index in [1.165, 1.54) is 0 Å². The van der Waals surface area contributed by atoms with Crippen LogP contribution in [-0.2, 0) is 53.2 Å². The molecule has 8 heteroatoms. The van der Waals surface area contributed by atoms with Crippen LogP contribution < -0.4 is 0 Å². The fourth-order valence-electron chi connectivity index (χ4n) is 2.05. The molecule has 0 amide bonds. The monoisotopic (exact) mass is 424 g/mol. The van der Waals surface area contributed by atoms with Crippen molar-refractivity contribution >= 4 is 22.2 Å². The van der Waals surface area contributed by atoms with E-state index in [4.69, 9.17) is 17.8 Å². The summed E-state index contributed by atoms with van der Waals surface area (Å²) in [7, 11) is 0. The van der Waals surface area contributed by atoms with Crippen molar-refractivity contribution in [3.8, 4) is 0 Å². The zero-order valence-corrected chi connectivity index (χ0v) is 17.1. The van der Waals surface area contributed by atoms with Gasteiger partial charge in [0.05, 0.1) is 37.9 Å². The fraction of sp³-hybridized carbons (Fsp3) is 0.300. The summed E-state index contributed by atoms with van der Waals surface area (Å²) in [6.45, 7) is 1.53. The Hall–Kier alpha value is -2.00. The van der Waals surface area contributed by atoms with Gasteiger partial charge in [0.2, 0.25) is 22.2 Å². The van der Waals surface area contributed by atoms with E-state index >= 15 is 0 Å². The van der Waals surface area contributed by atoms with Gasteiger partial charge in [-0.3, -0.25) is 0 Å². The highest BCUT2D eigenvalue weighted by atomic mass is 32.2. The van der Waals surface area contributed by atoms with Gasteiger partial charge in [0, 0.05) is 0 Å². The normalized spacial score (nSPS) is 13.3. The Balaban J connectivity index is 1.46. The van der Waals surface area contributed by atoms with Crippen LogP contribution in [0.2, 0.25) is 0 Å². The van der Waals surface area contributed by atoms with E-state index in [9.17, 15) is 8.42 Å². The van der Waals surface area contributed by atoms with Gasteiger partial charge >= 0.3 is 0 Å². The van der Waals surface area contributed by atoms with Gasteiger partial charge in [-0.2, -0.15) is 0 Å². The minimum Gasteiger partial charge on any atom is -0.405 e. The third-order valence-electron chi connectivity index (χ3n) is 3.39. The summed E-state index contributed by atoms with van der Waals surface area (Å²) in [6, 6.07) is 19.4. The minimum absolute atomic E-state index is 0.230. The van der Waals surface area contributed by atoms with Crippen molar-refractivity contribution in [3.05, 3.63) is 84.3 Å². The summed E-state index contributed by atoms with van der Waals surface area (Å²) in [5, 5.41) is 0. The lowest BCUT2D eigenvalue weighted by molar-refractivity contribution is 0.135. The minimum atomic E-state index is -1.54. The Morgan fingerprint density at radius 3 is 1.43 bits per heavy atom. The molecule has 0 fully saturated rings. The molecule has 28 heavy (non-hydrogen) atoms. The second-order valence-corrected chi connectivity index (χ2v) is 7.97. The van der Waals surface area contributed by atoms with E-state index in [-0.39, 0.29) is 11.5 Å². The van der Waals surface area contributed by atoms with E-state index in [0.29, 0.717) is 26.4 Å². The SMILES string of the molecule is O=S(CCOCc1ccccc1)O/C=C\OS(=O)CCOCc1ccccc1. The molecule has 0 N–H and O–H groups in total. The maximum absolute atomic E-state index is 11.7. The summed E-state index contributed by atoms with van der Waals surface area (Å²) in [6.07, 6.45) is 2.24. The fourth-order valence-corrected chi connectivity index (χ4v) is 3.09. The maximum atomic E-state index is 11.7. The first-order valence-corrected chi connectivity index (χ1v) is 11.2. The predicted octanol–water partition coefficient (Wildman–Crippen LogP) is 3.25. The summed E-state index contributed by atoms with van der Waals surface area (Å²) >= 11 is -3.07. The van der Waals surface area contributed by atoms with E-state index < -0.39 is 22.2 Å². The van der Waals surface area contributed by atoms with Gasteiger partial charge in [-0.05, 0) is 11.1 Å². The lowest BCUT2D eigenvalue weighted by Gasteiger charge is -2.04. The molecule has 0 spiro atoms. The van der Waals surface area contributed by atoms with Gasteiger partial charge < -0.3 is 17.8 Å². The molecule has 0 saturated heterocycles. The van der Waals surface area contributed by atoms with Gasteiger partial charge in [0.15, 0.2) is 0 Å². The second kappa shape index (κ2) is 14.1. The first kappa shape index (κ1) is 22.3. The zero-order valence-electron chi connectivity index (χ0n) is 15.4. The molecular weight excluding hydrogens is 400 g/mol. The van der Waals surface area contributed by atoms with Crippen molar-refractivity contribution in [1.29, 1.82) is 0 Å². The van der Waals surface area contributed by atoms with Gasteiger partial charge in [-0.15, -0.1) is 0 Å². The first-order chi connectivity index (χ1) is 13.7. The molecule has 2 unspecified atom stereocenters. The van der Waals surface area contributed by atoms with Gasteiger partial charge in [0.1, 0.15) is 12.5 Å². The summed E-state index contributed by atoms with van der Waals surface area (Å²) in [5.41, 5.74) is 2.11. The van der Waals surface area contributed by atoms with Crippen LogP contribution >= 0.6 is 0 Å². The van der Waals surface area contributed by atoms with Crippen LogP contribution in [0, 0.1) is 0 Å². The van der Waals surface area contributed by atoms with Crippen LogP contribution in [0.15, 0.2) is 73.2 Å². The van der Waals surface area contributed by atoms with Crippen LogP contribution in [0.5, 0.6) is 0 Å². The molecule has 0 bridgehead atoms. The Labute approximate surface area is 170 Å². The summed E-state index contributed by atoms with van der Waals surface area (Å²) in [5.74, 6) is 0.460. The molecule has 2 aromatic rings. The molecule has 0 aromatic heterocycles. The number of rotatable bonds is 14. The first-order valence-electron chi connectivity index (χ1n) is 8.73. The van der Waals surface area contributed by atoms with Crippen LogP contribution in [-0.4, -0.2) is 33.1 Å². The molecule has 2 rings (SSSR count). The number of ether oxygens (including phenoxy) is 2. The molecule has 152 valence electrons. The average molecular weight is 425 g/mol. The molecule has 0 aliphatic rings. The van der Waals surface area contributed by atoms with E-state index in [2.05, 4.69) is 0 Å². The van der Waals surface area contributed by atoms with Crippen molar-refractivity contribution in [2.45, 2.75) is 13.2 Å². The average Bonchev–Trinajstić information content (AvgIpc) is 2.73. The highest BCUT2D eigenvalue weighted by Crippen LogP contribution is 2.02. The van der Waals surface area contributed by atoms with Crippen molar-refractivity contribution in [3.63, 3.8) is 0 Å². The molecule has 0 aliphatic heterocycles. The van der Waals surface area contributed by atoms with Crippen molar-refractivity contribution in [2.75, 3.05) is 24.7 Å². The molecule has 6 nitrogen and oxygen atoms in total. The zero-order chi connectivity index (χ0) is 19.9. The highest BCUT2D eigenvalue weighted by Gasteiger charge is 2.01. The quantitative estimate of drug-likeness (QED) is 0.342. The van der Waals surface area contributed by atoms with Crippen molar-refractivity contribution < 1.29 is 26.3 Å². The standard InChI is InChI=1S/C20H24O6S2/c21-27(15-13-23-17-19-7-3-1-4-8-19)25-11-12-26-28(22)16-14-24-18-20-9-5-2-6-10-20/h1-12H,13-18H2/b12-11-. The molecule has 0 heterocycles. The molecule has 2 atom stereocenters. The summed E-state index contributed by atoms with van der Waals surface area (Å²) in [4.78, 5) is 0. The third kappa shape index (κ3) is 10.4. The summed E-state index contributed by atoms with van der Waals surface area (Å²) < 4.78 is 44.1. The van der Waals surface area contributed by atoms with Crippen LogP contribution in [0.25, 0.3) is 0 Å². The Bertz CT molecular complexity index is 673. The second-order valence-electron chi connectivity index (χ2n) is 5.56. The van der Waals surface area contributed by atoms with Crippen molar-refractivity contribution in [1.82, 2.24) is 0 Å². The van der Waals surface area contributed by atoms with Gasteiger partial charge in [-0.1, -0.05) is 60.7 Å². The van der Waals surface area contributed by atoms with Crippen LogP contribution in [0.1, 0.15) is 11.1 Å². The number of hydrogen-bond donors (Lipinski definition) is 0. The largest absolute Gasteiger partial charge is 0.405 e. The topological polar surface area (TPSA) is 71.1 Å². The van der Waals surface area contributed by atoms with E-state index in [1.54, 1.807) is 0 Å². The molecule has 0 radical (unpaired) electrons. The number of hydrogen-bond acceptors (Lipinski definition) is 6. The number of benzene rings is 2. The molecule has 0 aliphatic carbocycles. The highest BCUT2D eigenvalue weighted by molar-refractivity contribution is 7.80. The Kier molecular flexibility index (Phi) is 11.2. The lowest BCUT2D eigenvalue weighted by Crippen LogP contribution is -2.08. The maximum Gasteiger partial charge on any atom is 0.208 e. The smallest absolute Gasteiger partial charge is 0.208 e. The third-order valence-corrected chi connectivity index (χ3v) is 5.04. The Morgan fingerprint density at radius 1 is 0.643 bits per heavy atom.